The molecule has 0 bridgehead atoms. The molecule has 1 aliphatic rings. The van der Waals surface area contributed by atoms with Crippen molar-refractivity contribution >= 4 is 0 Å². The van der Waals surface area contributed by atoms with Crippen LogP contribution in [0.15, 0.2) is 24.3 Å². The number of ether oxygens (including phenoxy) is 1. The molecule has 2 heteroatoms. The summed E-state index contributed by atoms with van der Waals surface area (Å²) >= 11 is 0. The second-order valence-corrected chi connectivity index (χ2v) is 4.10. The van der Waals surface area contributed by atoms with Crippen molar-refractivity contribution in [1.82, 2.24) is 0 Å². The Hall–Kier alpha value is -1.02. The van der Waals surface area contributed by atoms with Gasteiger partial charge in [0.05, 0.1) is 6.61 Å². The maximum Gasteiger partial charge on any atom is 0.122 e. The minimum Gasteiger partial charge on any atom is -0.493 e. The zero-order valence-corrected chi connectivity index (χ0v) is 8.57. The largest absolute Gasteiger partial charge is 0.493 e. The molecule has 0 spiro atoms. The van der Waals surface area contributed by atoms with Crippen molar-refractivity contribution in [2.75, 3.05) is 13.2 Å². The summed E-state index contributed by atoms with van der Waals surface area (Å²) in [6.45, 7) is 3.76. The van der Waals surface area contributed by atoms with Gasteiger partial charge in [0, 0.05) is 5.92 Å². The first-order valence-electron chi connectivity index (χ1n) is 5.22. The van der Waals surface area contributed by atoms with Gasteiger partial charge in [-0.15, -0.1) is 0 Å². The molecule has 1 heterocycles. The summed E-state index contributed by atoms with van der Waals surface area (Å²) < 4.78 is 5.70. The fourth-order valence-electron chi connectivity index (χ4n) is 1.91. The third kappa shape index (κ3) is 1.75. The molecule has 0 radical (unpaired) electrons. The van der Waals surface area contributed by atoms with Gasteiger partial charge in [-0.1, -0.05) is 25.1 Å². The number of nitrogens with two attached hydrogens (primary N) is 1. The van der Waals surface area contributed by atoms with Gasteiger partial charge in [0.1, 0.15) is 5.75 Å². The lowest BCUT2D eigenvalue weighted by atomic mass is 9.87. The highest BCUT2D eigenvalue weighted by Crippen LogP contribution is 2.29. The zero-order valence-electron chi connectivity index (χ0n) is 8.57. The van der Waals surface area contributed by atoms with E-state index >= 15 is 0 Å². The van der Waals surface area contributed by atoms with Crippen molar-refractivity contribution in [1.29, 1.82) is 0 Å². The highest BCUT2D eigenvalue weighted by molar-refractivity contribution is 5.35. The van der Waals surface area contributed by atoms with E-state index in [4.69, 9.17) is 10.5 Å². The molecule has 1 aliphatic heterocycles. The molecular formula is C12H17NO. The first-order chi connectivity index (χ1) is 6.81. The lowest BCUT2D eigenvalue weighted by Crippen LogP contribution is -2.30. The van der Waals surface area contributed by atoms with Crippen LogP contribution in [-0.4, -0.2) is 13.2 Å². The highest BCUT2D eigenvalue weighted by Gasteiger charge is 2.23. The minimum absolute atomic E-state index is 0.545. The summed E-state index contributed by atoms with van der Waals surface area (Å²) in [5.41, 5.74) is 6.99. The van der Waals surface area contributed by atoms with E-state index in [0.717, 1.165) is 25.3 Å². The summed E-state index contributed by atoms with van der Waals surface area (Å²) in [6, 6.07) is 8.27. The molecule has 0 amide bonds. The van der Waals surface area contributed by atoms with Crippen LogP contribution in [0.5, 0.6) is 5.75 Å². The van der Waals surface area contributed by atoms with E-state index in [9.17, 15) is 0 Å². The van der Waals surface area contributed by atoms with Crippen molar-refractivity contribution in [3.8, 4) is 5.75 Å². The Bertz CT molecular complexity index is 311. The topological polar surface area (TPSA) is 35.2 Å². The normalized spacial score (nSPS) is 22.3. The summed E-state index contributed by atoms with van der Waals surface area (Å²) in [4.78, 5) is 0. The molecule has 0 saturated heterocycles. The van der Waals surface area contributed by atoms with Crippen LogP contribution in [0, 0.1) is 11.8 Å². The highest BCUT2D eigenvalue weighted by atomic mass is 16.5. The van der Waals surface area contributed by atoms with Gasteiger partial charge in [-0.3, -0.25) is 0 Å². The molecule has 76 valence electrons. The third-order valence-electron chi connectivity index (χ3n) is 3.08. The summed E-state index contributed by atoms with van der Waals surface area (Å²) in [5, 5.41) is 0. The molecule has 0 saturated carbocycles. The Balaban J connectivity index is 2.13. The SMILES string of the molecule is CC(CN)C1COc2ccccc2C1. The van der Waals surface area contributed by atoms with Gasteiger partial charge in [0.25, 0.3) is 0 Å². The number of fused-ring (bicyclic) bond motifs is 1. The zero-order chi connectivity index (χ0) is 9.97. The minimum atomic E-state index is 0.545. The average molecular weight is 191 g/mol. The Morgan fingerprint density at radius 2 is 2.29 bits per heavy atom. The molecule has 0 aromatic heterocycles. The van der Waals surface area contributed by atoms with Crippen LogP contribution in [0.2, 0.25) is 0 Å². The second kappa shape index (κ2) is 4.01. The summed E-state index contributed by atoms with van der Waals surface area (Å²) in [6.07, 6.45) is 1.11. The van der Waals surface area contributed by atoms with E-state index in [1.54, 1.807) is 0 Å². The van der Waals surface area contributed by atoms with E-state index < -0.39 is 0 Å². The number of benzene rings is 1. The lowest BCUT2D eigenvalue weighted by molar-refractivity contribution is 0.180. The van der Waals surface area contributed by atoms with Crippen LogP contribution < -0.4 is 10.5 Å². The predicted octanol–water partition coefficient (Wildman–Crippen LogP) is 1.83. The van der Waals surface area contributed by atoms with E-state index in [2.05, 4.69) is 19.1 Å². The van der Waals surface area contributed by atoms with Gasteiger partial charge >= 0.3 is 0 Å². The van der Waals surface area contributed by atoms with Gasteiger partial charge in [-0.25, -0.2) is 0 Å². The average Bonchev–Trinajstić information content (AvgIpc) is 2.27. The van der Waals surface area contributed by atoms with Crippen molar-refractivity contribution in [2.24, 2.45) is 17.6 Å². The third-order valence-corrected chi connectivity index (χ3v) is 3.08. The van der Waals surface area contributed by atoms with Crippen LogP contribution in [0.3, 0.4) is 0 Å². The fourth-order valence-corrected chi connectivity index (χ4v) is 1.91. The fraction of sp³-hybridized carbons (Fsp3) is 0.500. The van der Waals surface area contributed by atoms with E-state index in [1.807, 2.05) is 12.1 Å². The maximum atomic E-state index is 5.70. The van der Waals surface area contributed by atoms with Gasteiger partial charge in [0.15, 0.2) is 0 Å². The molecule has 2 nitrogen and oxygen atoms in total. The summed E-state index contributed by atoms with van der Waals surface area (Å²) in [7, 11) is 0. The second-order valence-electron chi connectivity index (χ2n) is 4.10. The predicted molar refractivity (Wildman–Crippen MR) is 57.3 cm³/mol. The molecule has 0 fully saturated rings. The molecule has 2 unspecified atom stereocenters. The van der Waals surface area contributed by atoms with Crippen LogP contribution in [0.1, 0.15) is 12.5 Å². The molecule has 1 aromatic carbocycles. The van der Waals surface area contributed by atoms with Crippen molar-refractivity contribution in [3.63, 3.8) is 0 Å². The van der Waals surface area contributed by atoms with Crippen LogP contribution in [0.4, 0.5) is 0 Å². The lowest BCUT2D eigenvalue weighted by Gasteiger charge is -2.28. The molecule has 1 aromatic rings. The van der Waals surface area contributed by atoms with Crippen LogP contribution >= 0.6 is 0 Å². The van der Waals surface area contributed by atoms with Crippen LogP contribution in [-0.2, 0) is 6.42 Å². The number of rotatable bonds is 2. The van der Waals surface area contributed by atoms with E-state index in [0.29, 0.717) is 11.8 Å². The number of hydrogen-bond donors (Lipinski definition) is 1. The first kappa shape index (κ1) is 9.53. The first-order valence-corrected chi connectivity index (χ1v) is 5.22. The van der Waals surface area contributed by atoms with E-state index in [1.165, 1.54) is 5.56 Å². The van der Waals surface area contributed by atoms with Crippen molar-refractivity contribution in [2.45, 2.75) is 13.3 Å². The van der Waals surface area contributed by atoms with Gasteiger partial charge in [0.2, 0.25) is 0 Å². The van der Waals surface area contributed by atoms with Gasteiger partial charge in [-0.05, 0) is 30.5 Å². The smallest absolute Gasteiger partial charge is 0.122 e. The quantitative estimate of drug-likeness (QED) is 0.774. The Labute approximate surface area is 85.1 Å². The molecule has 2 N–H and O–H groups in total. The standard InChI is InChI=1S/C12H17NO/c1-9(7-13)11-6-10-4-2-3-5-12(10)14-8-11/h2-5,9,11H,6-8,13H2,1H3. The monoisotopic (exact) mass is 191 g/mol. The Morgan fingerprint density at radius 1 is 1.50 bits per heavy atom. The van der Waals surface area contributed by atoms with Crippen LogP contribution in [0.25, 0.3) is 0 Å². The summed E-state index contributed by atoms with van der Waals surface area (Å²) in [5.74, 6) is 2.17. The molecule has 0 aliphatic carbocycles. The van der Waals surface area contributed by atoms with Crippen molar-refractivity contribution < 1.29 is 4.74 Å². The molecule has 2 atom stereocenters. The molecule has 2 rings (SSSR count). The van der Waals surface area contributed by atoms with Gasteiger partial charge in [-0.2, -0.15) is 0 Å². The van der Waals surface area contributed by atoms with Gasteiger partial charge < -0.3 is 10.5 Å². The van der Waals surface area contributed by atoms with E-state index in [-0.39, 0.29) is 0 Å². The maximum absolute atomic E-state index is 5.70. The molecular weight excluding hydrogens is 174 g/mol. The van der Waals surface area contributed by atoms with Crippen molar-refractivity contribution in [3.05, 3.63) is 29.8 Å². The Morgan fingerprint density at radius 3 is 3.07 bits per heavy atom. The Kier molecular flexibility index (Phi) is 2.73. The molecule has 14 heavy (non-hydrogen) atoms. The number of hydrogen-bond acceptors (Lipinski definition) is 2. The number of para-hydroxylation sites is 1.